The van der Waals surface area contributed by atoms with Gasteiger partial charge in [0.2, 0.25) is 15.9 Å². The van der Waals surface area contributed by atoms with Gasteiger partial charge in [0.25, 0.3) is 5.91 Å². The van der Waals surface area contributed by atoms with E-state index in [1.54, 1.807) is 55.6 Å². The van der Waals surface area contributed by atoms with E-state index in [0.29, 0.717) is 29.1 Å². The number of methoxy groups -OCH3 is 1. The van der Waals surface area contributed by atoms with Crippen molar-refractivity contribution in [1.82, 2.24) is 5.32 Å². The first-order chi connectivity index (χ1) is 16.3. The number of carbonyl (C=O) groups is 2. The second kappa shape index (κ2) is 11.9. The molecule has 1 saturated carbocycles. The molecule has 1 fully saturated rings. The molecule has 2 amide bonds. The lowest BCUT2D eigenvalue weighted by Gasteiger charge is -2.23. The van der Waals surface area contributed by atoms with Crippen molar-refractivity contribution in [2.75, 3.05) is 29.5 Å². The molecule has 0 aromatic heterocycles. The largest absolute Gasteiger partial charge is 0.497 e. The van der Waals surface area contributed by atoms with Crippen molar-refractivity contribution in [2.45, 2.75) is 51.0 Å². The van der Waals surface area contributed by atoms with Crippen molar-refractivity contribution in [1.29, 1.82) is 0 Å². The zero-order valence-corrected chi connectivity index (χ0v) is 20.6. The predicted molar refractivity (Wildman–Crippen MR) is 134 cm³/mol. The first kappa shape index (κ1) is 25.6. The summed E-state index contributed by atoms with van der Waals surface area (Å²) in [6.45, 7) is 0.155. The van der Waals surface area contributed by atoms with Gasteiger partial charge in [0.05, 0.1) is 30.3 Å². The summed E-state index contributed by atoms with van der Waals surface area (Å²) in [7, 11) is -1.98. The van der Waals surface area contributed by atoms with Gasteiger partial charge < -0.3 is 15.4 Å². The molecule has 1 aliphatic rings. The molecule has 0 heterocycles. The average molecular weight is 488 g/mol. The van der Waals surface area contributed by atoms with E-state index in [9.17, 15) is 18.0 Å². The number of nitrogens with zero attached hydrogens (tertiary/aromatic N) is 1. The number of anilines is 2. The molecule has 34 heavy (non-hydrogen) atoms. The Bertz CT molecular complexity index is 1080. The van der Waals surface area contributed by atoms with Crippen LogP contribution < -0.4 is 19.7 Å². The highest BCUT2D eigenvalue weighted by Gasteiger charge is 2.20. The molecule has 9 heteroatoms. The summed E-state index contributed by atoms with van der Waals surface area (Å²) >= 11 is 0. The fourth-order valence-corrected chi connectivity index (χ4v) is 5.10. The standard InChI is InChI=1S/C25H33N3O5S/c1-33-21-16-14-20(15-17-21)28(34(2,31)32)18-8-13-24(29)27-23-12-7-6-11-22(23)25(30)26-19-9-4-3-5-10-19/h6-7,11-12,14-17,19H,3-5,8-10,13,18H2,1-2H3,(H,26,30)(H,27,29). The van der Waals surface area contributed by atoms with Crippen molar-refractivity contribution in [2.24, 2.45) is 0 Å². The smallest absolute Gasteiger partial charge is 0.253 e. The lowest BCUT2D eigenvalue weighted by molar-refractivity contribution is -0.116. The van der Waals surface area contributed by atoms with Gasteiger partial charge in [0.1, 0.15) is 5.75 Å². The first-order valence-corrected chi connectivity index (χ1v) is 13.4. The van der Waals surface area contributed by atoms with Crippen LogP contribution >= 0.6 is 0 Å². The Hall–Kier alpha value is -3.07. The summed E-state index contributed by atoms with van der Waals surface area (Å²) in [5, 5.41) is 5.89. The van der Waals surface area contributed by atoms with Crippen molar-refractivity contribution in [3.8, 4) is 5.75 Å². The summed E-state index contributed by atoms with van der Waals surface area (Å²) in [6.07, 6.45) is 6.96. The molecule has 8 nitrogen and oxygen atoms in total. The second-order valence-electron chi connectivity index (χ2n) is 8.54. The number of rotatable bonds is 10. The molecule has 0 spiro atoms. The molecule has 0 bridgehead atoms. The van der Waals surface area contributed by atoms with Gasteiger partial charge in [-0.1, -0.05) is 31.4 Å². The summed E-state index contributed by atoms with van der Waals surface area (Å²) in [4.78, 5) is 25.4. The molecule has 2 N–H and O–H groups in total. The third-order valence-electron chi connectivity index (χ3n) is 5.91. The van der Waals surface area contributed by atoms with Crippen LogP contribution in [0.3, 0.4) is 0 Å². The monoisotopic (exact) mass is 487 g/mol. The van der Waals surface area contributed by atoms with Crippen LogP contribution in [0, 0.1) is 0 Å². The summed E-state index contributed by atoms with van der Waals surface area (Å²) < 4.78 is 31.0. The van der Waals surface area contributed by atoms with Crippen molar-refractivity contribution in [3.05, 3.63) is 54.1 Å². The minimum absolute atomic E-state index is 0.112. The van der Waals surface area contributed by atoms with Gasteiger partial charge in [-0.25, -0.2) is 8.42 Å². The van der Waals surface area contributed by atoms with Crippen LogP contribution in [0.25, 0.3) is 0 Å². The maximum atomic E-state index is 12.8. The molecule has 0 aliphatic heterocycles. The van der Waals surface area contributed by atoms with Crippen molar-refractivity contribution < 1.29 is 22.7 Å². The molecule has 2 aromatic rings. The number of sulfonamides is 1. The molecule has 0 atom stereocenters. The lowest BCUT2D eigenvalue weighted by Crippen LogP contribution is -2.36. The Kier molecular flexibility index (Phi) is 8.92. The van der Waals surface area contributed by atoms with Crippen LogP contribution in [0.15, 0.2) is 48.5 Å². The Balaban J connectivity index is 1.58. The van der Waals surface area contributed by atoms with Crippen LogP contribution in [-0.2, 0) is 14.8 Å². The van der Waals surface area contributed by atoms with E-state index in [1.165, 1.54) is 10.7 Å². The van der Waals surface area contributed by atoms with Crippen LogP contribution in [0.4, 0.5) is 11.4 Å². The Morgan fingerprint density at radius 1 is 1.03 bits per heavy atom. The first-order valence-electron chi connectivity index (χ1n) is 11.6. The fourth-order valence-electron chi connectivity index (χ4n) is 4.13. The maximum Gasteiger partial charge on any atom is 0.253 e. The summed E-state index contributed by atoms with van der Waals surface area (Å²) in [5.74, 6) is 0.162. The highest BCUT2D eigenvalue weighted by atomic mass is 32.2. The van der Waals surface area contributed by atoms with E-state index in [1.807, 2.05) is 0 Å². The van der Waals surface area contributed by atoms with Gasteiger partial charge in [0.15, 0.2) is 0 Å². The topological polar surface area (TPSA) is 105 Å². The van der Waals surface area contributed by atoms with E-state index in [-0.39, 0.29) is 30.8 Å². The van der Waals surface area contributed by atoms with E-state index in [2.05, 4.69) is 10.6 Å². The number of amides is 2. The van der Waals surface area contributed by atoms with Crippen LogP contribution in [0.1, 0.15) is 55.3 Å². The van der Waals surface area contributed by atoms with Crippen LogP contribution in [0.5, 0.6) is 5.75 Å². The van der Waals surface area contributed by atoms with E-state index in [0.717, 1.165) is 31.9 Å². The van der Waals surface area contributed by atoms with Gasteiger partial charge in [-0.15, -0.1) is 0 Å². The Labute approximate surface area is 201 Å². The zero-order valence-electron chi connectivity index (χ0n) is 19.7. The van der Waals surface area contributed by atoms with Crippen LogP contribution in [0.2, 0.25) is 0 Å². The lowest BCUT2D eigenvalue weighted by atomic mass is 9.95. The molecule has 0 saturated heterocycles. The molecular formula is C25H33N3O5S. The molecule has 3 rings (SSSR count). The Morgan fingerprint density at radius 2 is 1.71 bits per heavy atom. The molecule has 184 valence electrons. The van der Waals surface area contributed by atoms with Crippen molar-refractivity contribution >= 4 is 33.2 Å². The highest BCUT2D eigenvalue weighted by molar-refractivity contribution is 7.92. The van der Waals surface area contributed by atoms with Crippen LogP contribution in [-0.4, -0.2) is 46.2 Å². The van der Waals surface area contributed by atoms with Crippen molar-refractivity contribution in [3.63, 3.8) is 0 Å². The van der Waals surface area contributed by atoms with Gasteiger partial charge >= 0.3 is 0 Å². The number of carbonyl (C=O) groups excluding carboxylic acids is 2. The minimum atomic E-state index is -3.52. The average Bonchev–Trinajstić information content (AvgIpc) is 2.82. The van der Waals surface area contributed by atoms with E-state index < -0.39 is 10.0 Å². The normalized spacial score (nSPS) is 14.3. The Morgan fingerprint density at radius 3 is 2.35 bits per heavy atom. The SMILES string of the molecule is COc1ccc(N(CCCC(=O)Nc2ccccc2C(=O)NC2CCCCC2)S(C)(=O)=O)cc1. The second-order valence-corrected chi connectivity index (χ2v) is 10.4. The molecular weight excluding hydrogens is 454 g/mol. The number of benzene rings is 2. The number of para-hydroxylation sites is 1. The predicted octanol–water partition coefficient (Wildman–Crippen LogP) is 3.94. The number of nitrogens with one attached hydrogen (secondary N) is 2. The summed E-state index contributed by atoms with van der Waals surface area (Å²) in [5.41, 5.74) is 1.39. The van der Waals surface area contributed by atoms with E-state index >= 15 is 0 Å². The van der Waals surface area contributed by atoms with Gasteiger partial charge in [-0.3, -0.25) is 13.9 Å². The third kappa shape index (κ3) is 7.21. The molecule has 1 aliphatic carbocycles. The quantitative estimate of drug-likeness (QED) is 0.528. The fraction of sp³-hybridized carbons (Fsp3) is 0.440. The summed E-state index contributed by atoms with van der Waals surface area (Å²) in [6, 6.07) is 13.8. The number of ether oxygens (including phenoxy) is 1. The van der Waals surface area contributed by atoms with E-state index in [4.69, 9.17) is 4.74 Å². The zero-order chi connectivity index (χ0) is 24.6. The van der Waals surface area contributed by atoms with Gasteiger partial charge in [-0.2, -0.15) is 0 Å². The molecule has 2 aromatic carbocycles. The minimum Gasteiger partial charge on any atom is -0.497 e. The third-order valence-corrected chi connectivity index (χ3v) is 7.11. The maximum absolute atomic E-state index is 12.8. The number of hydrogen-bond acceptors (Lipinski definition) is 5. The number of hydrogen-bond donors (Lipinski definition) is 2. The molecule has 0 radical (unpaired) electrons. The van der Waals surface area contributed by atoms with Gasteiger partial charge in [0, 0.05) is 19.0 Å². The van der Waals surface area contributed by atoms with Gasteiger partial charge in [-0.05, 0) is 55.7 Å². The molecule has 0 unspecified atom stereocenters. The highest BCUT2D eigenvalue weighted by Crippen LogP contribution is 2.23.